The van der Waals surface area contributed by atoms with Gasteiger partial charge in [-0.15, -0.1) is 22.0 Å². The molecular formula is C16H17F3N4O6S3. The number of hydrogen-bond donors (Lipinski definition) is 2. The van der Waals surface area contributed by atoms with Gasteiger partial charge in [0, 0.05) is 18.1 Å². The average Bonchev–Trinajstić information content (AvgIpc) is 3.11. The van der Waals surface area contributed by atoms with E-state index in [1.807, 2.05) is 0 Å². The molecule has 0 aromatic carbocycles. The Morgan fingerprint density at radius 1 is 1.41 bits per heavy atom. The molecule has 2 N–H and O–H groups in total. The fourth-order valence-corrected chi connectivity index (χ4v) is 6.22. The van der Waals surface area contributed by atoms with E-state index in [2.05, 4.69) is 10.2 Å². The Hall–Kier alpha value is -2.07. The van der Waals surface area contributed by atoms with E-state index in [0.29, 0.717) is 0 Å². The standard InChI is InChI=1S/C16H17F3N4O6S3/c1-7(30)22(4-16(17,18)19)10-11(26)23-3-15(13(27)28,5-31-12(10)23)6-32-14-21-20-8(29-14)2-9(24)25/h10,12H,2-6H2,1H3,(H,24,25)(H,27,28)/t10?,12-,15?/m1/s1. The molecule has 2 aliphatic heterocycles. The molecule has 2 saturated heterocycles. The number of carbonyl (C=O) groups is 3. The van der Waals surface area contributed by atoms with E-state index in [0.717, 1.165) is 28.4 Å². The number of aromatic nitrogens is 2. The normalized spacial score (nSPS) is 25.1. The SMILES string of the molecule is CC(=S)N(CC(F)(F)F)C1C(=O)N2CC(CSc3nnc(CC(=O)O)o3)(C(=O)O)CS[C@H]12. The minimum absolute atomic E-state index is 0.0190. The van der Waals surface area contributed by atoms with Crippen LogP contribution in [0.2, 0.25) is 0 Å². The lowest BCUT2D eigenvalue weighted by Gasteiger charge is -2.56. The van der Waals surface area contributed by atoms with Gasteiger partial charge in [0.05, 0.1) is 4.99 Å². The number of β-lactam (4-membered cyclic amide) rings is 1. The Labute approximate surface area is 192 Å². The van der Waals surface area contributed by atoms with Crippen LogP contribution in [-0.4, -0.2) is 95.2 Å². The molecule has 176 valence electrons. The largest absolute Gasteiger partial charge is 0.481 e. The molecule has 1 aromatic heterocycles. The summed E-state index contributed by atoms with van der Waals surface area (Å²) in [6.07, 6.45) is -5.03. The van der Waals surface area contributed by atoms with Crippen LogP contribution in [0.4, 0.5) is 13.2 Å². The predicted molar refractivity (Wildman–Crippen MR) is 109 cm³/mol. The lowest BCUT2D eigenvalue weighted by Crippen LogP contribution is -2.74. The van der Waals surface area contributed by atoms with Gasteiger partial charge in [0.15, 0.2) is 0 Å². The van der Waals surface area contributed by atoms with Crippen LogP contribution >= 0.6 is 35.7 Å². The van der Waals surface area contributed by atoms with Gasteiger partial charge < -0.3 is 24.4 Å². The first-order valence-electron chi connectivity index (χ1n) is 8.99. The minimum Gasteiger partial charge on any atom is -0.481 e. The number of nitrogens with zero attached hydrogens (tertiary/aromatic N) is 4. The van der Waals surface area contributed by atoms with Crippen molar-refractivity contribution in [3.05, 3.63) is 5.89 Å². The van der Waals surface area contributed by atoms with Crippen LogP contribution < -0.4 is 0 Å². The summed E-state index contributed by atoms with van der Waals surface area (Å²) < 4.78 is 44.0. The van der Waals surface area contributed by atoms with Crippen LogP contribution in [0.15, 0.2) is 9.64 Å². The molecule has 0 aliphatic carbocycles. The number of rotatable bonds is 8. The number of carboxylic acids is 2. The highest BCUT2D eigenvalue weighted by Crippen LogP contribution is 2.46. The Balaban J connectivity index is 1.69. The fourth-order valence-electron chi connectivity index (χ4n) is 3.33. The van der Waals surface area contributed by atoms with Gasteiger partial charge in [-0.1, -0.05) is 24.0 Å². The predicted octanol–water partition coefficient (Wildman–Crippen LogP) is 1.36. The summed E-state index contributed by atoms with van der Waals surface area (Å²) in [4.78, 5) is 37.4. The highest BCUT2D eigenvalue weighted by atomic mass is 32.2. The summed E-state index contributed by atoms with van der Waals surface area (Å²) in [6, 6.07) is -1.10. The number of thiocarbonyl (C=S) groups is 1. The summed E-state index contributed by atoms with van der Waals surface area (Å²) in [5.74, 6) is -3.14. The van der Waals surface area contributed by atoms with E-state index in [4.69, 9.17) is 21.7 Å². The Morgan fingerprint density at radius 2 is 2.09 bits per heavy atom. The number of aliphatic carboxylic acids is 2. The summed E-state index contributed by atoms with van der Waals surface area (Å²) in [7, 11) is 0. The van der Waals surface area contributed by atoms with E-state index in [1.165, 1.54) is 11.8 Å². The van der Waals surface area contributed by atoms with E-state index >= 15 is 0 Å². The van der Waals surface area contributed by atoms with Gasteiger partial charge in [0.2, 0.25) is 11.8 Å². The third-order valence-electron chi connectivity index (χ3n) is 4.88. The quantitative estimate of drug-likeness (QED) is 0.294. The second kappa shape index (κ2) is 9.05. The zero-order chi connectivity index (χ0) is 23.8. The van der Waals surface area contributed by atoms with Gasteiger partial charge in [-0.3, -0.25) is 14.4 Å². The minimum atomic E-state index is -4.55. The summed E-state index contributed by atoms with van der Waals surface area (Å²) >= 11 is 6.89. The van der Waals surface area contributed by atoms with Crippen LogP contribution in [0.25, 0.3) is 0 Å². The molecule has 2 unspecified atom stereocenters. The van der Waals surface area contributed by atoms with Gasteiger partial charge in [0.1, 0.15) is 29.8 Å². The molecular weight excluding hydrogens is 497 g/mol. The molecule has 0 spiro atoms. The molecule has 32 heavy (non-hydrogen) atoms. The highest BCUT2D eigenvalue weighted by Gasteiger charge is 2.59. The van der Waals surface area contributed by atoms with E-state index < -0.39 is 53.8 Å². The molecule has 3 atom stereocenters. The van der Waals surface area contributed by atoms with Gasteiger partial charge in [-0.05, 0) is 6.92 Å². The van der Waals surface area contributed by atoms with Crippen molar-refractivity contribution in [2.24, 2.45) is 5.41 Å². The maximum atomic E-state index is 12.9. The van der Waals surface area contributed by atoms with E-state index in [9.17, 15) is 32.7 Å². The Bertz CT molecular complexity index is 944. The molecule has 1 amide bonds. The van der Waals surface area contributed by atoms with Gasteiger partial charge in [-0.25, -0.2) is 0 Å². The van der Waals surface area contributed by atoms with Crippen molar-refractivity contribution in [1.29, 1.82) is 0 Å². The fraction of sp³-hybridized carbons (Fsp3) is 0.625. The first-order chi connectivity index (χ1) is 14.8. The smallest absolute Gasteiger partial charge is 0.405 e. The number of hydrogen-bond acceptors (Lipinski definition) is 9. The summed E-state index contributed by atoms with van der Waals surface area (Å²) in [5, 5.41) is 25.1. The highest BCUT2D eigenvalue weighted by molar-refractivity contribution is 8.00. The second-order valence-corrected chi connectivity index (χ2v) is 9.90. The molecule has 2 aliphatic rings. The van der Waals surface area contributed by atoms with E-state index in [-0.39, 0.29) is 34.2 Å². The zero-order valence-corrected chi connectivity index (χ0v) is 18.8. The summed E-state index contributed by atoms with van der Waals surface area (Å²) in [5.41, 5.74) is -1.41. The number of fused-ring (bicyclic) bond motifs is 1. The van der Waals surface area contributed by atoms with Crippen molar-refractivity contribution in [2.45, 2.75) is 36.2 Å². The lowest BCUT2D eigenvalue weighted by molar-refractivity contribution is -0.168. The van der Waals surface area contributed by atoms with Crippen molar-refractivity contribution in [3.63, 3.8) is 0 Å². The second-order valence-electron chi connectivity index (χ2n) is 7.28. The molecule has 1 aromatic rings. The van der Waals surface area contributed by atoms with Crippen LogP contribution in [0.1, 0.15) is 12.8 Å². The number of carbonyl (C=O) groups excluding carboxylic acids is 1. The number of amides is 1. The number of thioether (sulfide) groups is 2. The number of carboxylic acid groups (broad SMARTS) is 2. The van der Waals surface area contributed by atoms with E-state index in [1.54, 1.807) is 0 Å². The van der Waals surface area contributed by atoms with Crippen molar-refractivity contribution < 1.29 is 42.2 Å². The maximum absolute atomic E-state index is 12.9. The van der Waals surface area contributed by atoms with Gasteiger partial charge in [-0.2, -0.15) is 13.2 Å². The molecule has 0 saturated carbocycles. The Kier molecular flexibility index (Phi) is 6.95. The van der Waals surface area contributed by atoms with Crippen molar-refractivity contribution in [3.8, 4) is 0 Å². The maximum Gasteiger partial charge on any atom is 0.405 e. The third kappa shape index (κ3) is 5.11. The number of halogens is 3. The van der Waals surface area contributed by atoms with Crippen molar-refractivity contribution >= 4 is 58.6 Å². The van der Waals surface area contributed by atoms with Crippen molar-refractivity contribution in [2.75, 3.05) is 24.6 Å². The van der Waals surface area contributed by atoms with Crippen LogP contribution in [0.3, 0.4) is 0 Å². The molecule has 10 nitrogen and oxygen atoms in total. The average molecular weight is 515 g/mol. The molecule has 3 rings (SSSR count). The van der Waals surface area contributed by atoms with Crippen LogP contribution in [0, 0.1) is 5.41 Å². The third-order valence-corrected chi connectivity index (χ3v) is 7.80. The molecule has 0 radical (unpaired) electrons. The monoisotopic (exact) mass is 514 g/mol. The topological polar surface area (TPSA) is 137 Å². The zero-order valence-electron chi connectivity index (χ0n) is 16.4. The molecule has 0 bridgehead atoms. The van der Waals surface area contributed by atoms with Crippen molar-refractivity contribution in [1.82, 2.24) is 20.0 Å². The van der Waals surface area contributed by atoms with Gasteiger partial charge >= 0.3 is 18.1 Å². The molecule has 2 fully saturated rings. The number of alkyl halides is 3. The lowest BCUT2D eigenvalue weighted by atomic mass is 9.89. The first-order valence-corrected chi connectivity index (χ1v) is 11.4. The molecule has 16 heteroatoms. The first kappa shape index (κ1) is 24.6. The molecule has 3 heterocycles. The van der Waals surface area contributed by atoms with Crippen LogP contribution in [-0.2, 0) is 20.8 Å². The Morgan fingerprint density at radius 3 is 2.66 bits per heavy atom. The summed E-state index contributed by atoms with van der Waals surface area (Å²) in [6.45, 7) is -0.250. The van der Waals surface area contributed by atoms with Gasteiger partial charge in [0.25, 0.3) is 5.22 Å². The van der Waals surface area contributed by atoms with Crippen LogP contribution in [0.5, 0.6) is 0 Å².